The van der Waals surface area contributed by atoms with Crippen LogP contribution in [0.25, 0.3) is 28.2 Å². The SMILES string of the molecule is c1ccc(-c2ncn(Cc3ccco3)c2-c2ccc(-n3cncn3)cc2)cc1. The molecule has 0 bridgehead atoms. The fourth-order valence-corrected chi connectivity index (χ4v) is 3.30. The van der Waals surface area contributed by atoms with Crippen molar-refractivity contribution in [1.82, 2.24) is 24.3 Å². The number of hydrogen-bond donors (Lipinski definition) is 0. The molecule has 0 aliphatic rings. The molecule has 3 aromatic heterocycles. The van der Waals surface area contributed by atoms with Crippen LogP contribution in [-0.2, 0) is 6.54 Å². The summed E-state index contributed by atoms with van der Waals surface area (Å²) < 4.78 is 9.40. The topological polar surface area (TPSA) is 61.7 Å². The molecule has 0 saturated carbocycles. The van der Waals surface area contributed by atoms with E-state index in [0.29, 0.717) is 6.54 Å². The maximum absolute atomic E-state index is 5.54. The lowest BCUT2D eigenvalue weighted by Gasteiger charge is -2.11. The maximum atomic E-state index is 5.54. The van der Waals surface area contributed by atoms with Crippen molar-refractivity contribution in [3.05, 3.63) is 97.7 Å². The van der Waals surface area contributed by atoms with Gasteiger partial charge in [0.2, 0.25) is 0 Å². The zero-order chi connectivity index (χ0) is 18.8. The van der Waals surface area contributed by atoms with Gasteiger partial charge in [-0.3, -0.25) is 0 Å². The predicted molar refractivity (Wildman–Crippen MR) is 106 cm³/mol. The van der Waals surface area contributed by atoms with Crippen molar-refractivity contribution in [2.24, 2.45) is 0 Å². The van der Waals surface area contributed by atoms with Crippen molar-refractivity contribution >= 4 is 0 Å². The fraction of sp³-hybridized carbons (Fsp3) is 0.0455. The van der Waals surface area contributed by atoms with E-state index in [-0.39, 0.29) is 0 Å². The highest BCUT2D eigenvalue weighted by Gasteiger charge is 2.16. The van der Waals surface area contributed by atoms with E-state index in [1.54, 1.807) is 17.3 Å². The van der Waals surface area contributed by atoms with Gasteiger partial charge in [-0.2, -0.15) is 5.10 Å². The summed E-state index contributed by atoms with van der Waals surface area (Å²) in [6, 6.07) is 22.3. The number of imidazole rings is 1. The molecule has 6 heteroatoms. The third-order valence-corrected chi connectivity index (χ3v) is 4.62. The second-order valence-electron chi connectivity index (χ2n) is 6.40. The van der Waals surface area contributed by atoms with E-state index in [0.717, 1.165) is 34.0 Å². The number of rotatable bonds is 5. The molecule has 2 aromatic carbocycles. The summed E-state index contributed by atoms with van der Waals surface area (Å²) in [5.41, 5.74) is 5.11. The van der Waals surface area contributed by atoms with Crippen molar-refractivity contribution in [2.75, 3.05) is 0 Å². The first kappa shape index (κ1) is 16.3. The smallest absolute Gasteiger partial charge is 0.138 e. The van der Waals surface area contributed by atoms with Crippen LogP contribution in [0, 0.1) is 0 Å². The van der Waals surface area contributed by atoms with Crippen LogP contribution in [0.4, 0.5) is 0 Å². The molecule has 0 aliphatic heterocycles. The molecule has 0 aliphatic carbocycles. The summed E-state index contributed by atoms with van der Waals surface area (Å²) in [7, 11) is 0. The standard InChI is InChI=1S/C22H17N5O/c1-2-5-17(6-3-1)21-22(26(16-24-21)13-20-7-4-12-28-20)18-8-10-19(11-9-18)27-15-23-14-25-27/h1-12,14-16H,13H2. The Morgan fingerprint density at radius 3 is 2.39 bits per heavy atom. The van der Waals surface area contributed by atoms with Gasteiger partial charge in [0.15, 0.2) is 0 Å². The zero-order valence-corrected chi connectivity index (χ0v) is 15.0. The summed E-state index contributed by atoms with van der Waals surface area (Å²) in [5.74, 6) is 0.887. The van der Waals surface area contributed by atoms with Crippen LogP contribution in [0.2, 0.25) is 0 Å². The van der Waals surface area contributed by atoms with Crippen molar-refractivity contribution in [1.29, 1.82) is 0 Å². The number of benzene rings is 2. The molecule has 0 N–H and O–H groups in total. The third kappa shape index (κ3) is 3.01. The highest BCUT2D eigenvalue weighted by Crippen LogP contribution is 2.32. The van der Waals surface area contributed by atoms with Crippen molar-refractivity contribution in [3.8, 4) is 28.2 Å². The Hall–Kier alpha value is -3.93. The highest BCUT2D eigenvalue weighted by atomic mass is 16.3. The van der Waals surface area contributed by atoms with Crippen LogP contribution >= 0.6 is 0 Å². The van der Waals surface area contributed by atoms with Gasteiger partial charge in [-0.25, -0.2) is 14.6 Å². The van der Waals surface area contributed by atoms with E-state index in [9.17, 15) is 0 Å². The van der Waals surface area contributed by atoms with Gasteiger partial charge in [-0.15, -0.1) is 0 Å². The largest absolute Gasteiger partial charge is 0.467 e. The van der Waals surface area contributed by atoms with Gasteiger partial charge in [-0.05, 0) is 24.3 Å². The molecule has 0 unspecified atom stereocenters. The van der Waals surface area contributed by atoms with Crippen LogP contribution in [0.3, 0.4) is 0 Å². The minimum atomic E-state index is 0.618. The van der Waals surface area contributed by atoms with E-state index in [2.05, 4.69) is 38.9 Å². The normalized spacial score (nSPS) is 11.0. The monoisotopic (exact) mass is 367 g/mol. The van der Waals surface area contributed by atoms with Gasteiger partial charge < -0.3 is 8.98 Å². The van der Waals surface area contributed by atoms with Gasteiger partial charge in [-0.1, -0.05) is 42.5 Å². The fourth-order valence-electron chi connectivity index (χ4n) is 3.30. The minimum absolute atomic E-state index is 0.618. The summed E-state index contributed by atoms with van der Waals surface area (Å²) in [6.07, 6.45) is 6.77. The van der Waals surface area contributed by atoms with E-state index in [4.69, 9.17) is 9.40 Å². The average molecular weight is 367 g/mol. The molecule has 28 heavy (non-hydrogen) atoms. The summed E-state index contributed by atoms with van der Waals surface area (Å²) in [5, 5.41) is 4.19. The van der Waals surface area contributed by atoms with Gasteiger partial charge >= 0.3 is 0 Å². The molecule has 3 heterocycles. The third-order valence-electron chi connectivity index (χ3n) is 4.62. The Morgan fingerprint density at radius 2 is 1.68 bits per heavy atom. The van der Waals surface area contributed by atoms with Crippen molar-refractivity contribution in [2.45, 2.75) is 6.54 Å². The van der Waals surface area contributed by atoms with Crippen LogP contribution in [0.5, 0.6) is 0 Å². The molecular weight excluding hydrogens is 350 g/mol. The Balaban J connectivity index is 1.60. The molecule has 0 atom stereocenters. The number of furan rings is 1. The summed E-state index contributed by atoms with van der Waals surface area (Å²) in [4.78, 5) is 8.72. The first-order chi connectivity index (χ1) is 13.9. The summed E-state index contributed by atoms with van der Waals surface area (Å²) >= 11 is 0. The zero-order valence-electron chi connectivity index (χ0n) is 15.0. The lowest BCUT2D eigenvalue weighted by molar-refractivity contribution is 0.494. The second-order valence-corrected chi connectivity index (χ2v) is 6.40. The highest BCUT2D eigenvalue weighted by molar-refractivity contribution is 5.79. The van der Waals surface area contributed by atoms with Crippen molar-refractivity contribution in [3.63, 3.8) is 0 Å². The lowest BCUT2D eigenvalue weighted by atomic mass is 10.0. The second kappa shape index (κ2) is 7.00. The number of nitrogens with zero attached hydrogens (tertiary/aromatic N) is 5. The molecule has 0 amide bonds. The van der Waals surface area contributed by atoms with E-state index in [1.807, 2.05) is 48.8 Å². The number of hydrogen-bond acceptors (Lipinski definition) is 4. The Labute approximate surface area is 161 Å². The summed E-state index contributed by atoms with van der Waals surface area (Å²) in [6.45, 7) is 0.618. The van der Waals surface area contributed by atoms with Gasteiger partial charge in [0, 0.05) is 11.1 Å². The molecule has 5 rings (SSSR count). The predicted octanol–water partition coefficient (Wildman–Crippen LogP) is 4.44. The van der Waals surface area contributed by atoms with Gasteiger partial charge in [0.25, 0.3) is 0 Å². The van der Waals surface area contributed by atoms with E-state index in [1.165, 1.54) is 6.33 Å². The van der Waals surface area contributed by atoms with Crippen LogP contribution in [0.15, 0.2) is 96.4 Å². The molecule has 0 spiro atoms. The molecular formula is C22H17N5O. The quantitative estimate of drug-likeness (QED) is 0.461. The first-order valence-electron chi connectivity index (χ1n) is 8.97. The van der Waals surface area contributed by atoms with E-state index < -0.39 is 0 Å². The van der Waals surface area contributed by atoms with Crippen molar-refractivity contribution < 1.29 is 4.42 Å². The van der Waals surface area contributed by atoms with Gasteiger partial charge in [0.1, 0.15) is 18.4 Å². The lowest BCUT2D eigenvalue weighted by Crippen LogP contribution is -2.00. The molecule has 0 saturated heterocycles. The molecule has 0 fully saturated rings. The molecule has 0 radical (unpaired) electrons. The maximum Gasteiger partial charge on any atom is 0.138 e. The van der Waals surface area contributed by atoms with Gasteiger partial charge in [0.05, 0.1) is 36.2 Å². The first-order valence-corrected chi connectivity index (χ1v) is 8.97. The number of aromatic nitrogens is 5. The molecule has 6 nitrogen and oxygen atoms in total. The molecule has 5 aromatic rings. The molecule has 136 valence electrons. The Bertz CT molecular complexity index is 1160. The average Bonchev–Trinajstić information content (AvgIpc) is 3.51. The Morgan fingerprint density at radius 1 is 0.821 bits per heavy atom. The van der Waals surface area contributed by atoms with E-state index >= 15 is 0 Å². The van der Waals surface area contributed by atoms with Crippen LogP contribution < -0.4 is 0 Å². The Kier molecular flexibility index (Phi) is 4.06. The minimum Gasteiger partial charge on any atom is -0.467 e. The van der Waals surface area contributed by atoms with Crippen LogP contribution in [-0.4, -0.2) is 24.3 Å². The van der Waals surface area contributed by atoms with Crippen LogP contribution in [0.1, 0.15) is 5.76 Å².